The third-order valence-electron chi connectivity index (χ3n) is 2.51. The van der Waals surface area contributed by atoms with Gasteiger partial charge in [-0.15, -0.1) is 11.8 Å². The van der Waals surface area contributed by atoms with Crippen LogP contribution >= 0.6 is 11.8 Å². The fraction of sp³-hybridized carbons (Fsp3) is 0.231. The molecule has 0 aliphatic carbocycles. The number of rotatable bonds is 5. The zero-order valence-electron chi connectivity index (χ0n) is 10.1. The monoisotopic (exact) mass is 261 g/mol. The van der Waals surface area contributed by atoms with E-state index in [-0.39, 0.29) is 6.04 Å². The largest absolute Gasteiger partial charge is 0.497 e. The number of thioether (sulfide) groups is 1. The van der Waals surface area contributed by atoms with Gasteiger partial charge in [-0.05, 0) is 23.8 Å². The quantitative estimate of drug-likeness (QED) is 0.661. The Balaban J connectivity index is 1.93. The zero-order chi connectivity index (χ0) is 12.8. The number of nitrogens with zero attached hydrogens (tertiary/aromatic N) is 2. The fourth-order valence-corrected chi connectivity index (χ4v) is 2.31. The van der Waals surface area contributed by atoms with Gasteiger partial charge in [0, 0.05) is 18.0 Å². The average molecular weight is 261 g/mol. The molecule has 0 bridgehead atoms. The van der Waals surface area contributed by atoms with Gasteiger partial charge in [0.2, 0.25) is 0 Å². The highest BCUT2D eigenvalue weighted by Gasteiger charge is 2.07. The number of aromatic nitrogens is 2. The second kappa shape index (κ2) is 6.37. The molecule has 18 heavy (non-hydrogen) atoms. The van der Waals surface area contributed by atoms with Gasteiger partial charge in [-0.2, -0.15) is 0 Å². The summed E-state index contributed by atoms with van der Waals surface area (Å²) >= 11 is 1.63. The van der Waals surface area contributed by atoms with Crippen molar-refractivity contribution >= 4 is 11.8 Å². The Kier molecular flexibility index (Phi) is 4.55. The lowest BCUT2D eigenvalue weighted by Crippen LogP contribution is -2.12. The highest BCUT2D eigenvalue weighted by Crippen LogP contribution is 2.22. The van der Waals surface area contributed by atoms with E-state index in [1.165, 1.54) is 0 Å². The fourth-order valence-electron chi connectivity index (χ4n) is 1.49. The second-order valence-corrected chi connectivity index (χ2v) is 4.78. The van der Waals surface area contributed by atoms with Crippen LogP contribution in [0.2, 0.25) is 0 Å². The third-order valence-corrected chi connectivity index (χ3v) is 3.57. The minimum atomic E-state index is -0.0177. The first-order chi connectivity index (χ1) is 8.79. The molecule has 0 aliphatic rings. The van der Waals surface area contributed by atoms with E-state index in [1.807, 2.05) is 30.3 Å². The van der Waals surface area contributed by atoms with Crippen LogP contribution in [0.3, 0.4) is 0 Å². The van der Waals surface area contributed by atoms with Crippen molar-refractivity contribution in [1.82, 2.24) is 9.97 Å². The number of nitrogens with two attached hydrogens (primary N) is 1. The van der Waals surface area contributed by atoms with E-state index < -0.39 is 0 Å². The van der Waals surface area contributed by atoms with Crippen LogP contribution in [0.25, 0.3) is 0 Å². The van der Waals surface area contributed by atoms with Crippen molar-refractivity contribution in [1.29, 1.82) is 0 Å². The molecule has 0 aliphatic heterocycles. The average Bonchev–Trinajstić information content (AvgIpc) is 2.46. The van der Waals surface area contributed by atoms with Gasteiger partial charge < -0.3 is 10.5 Å². The molecule has 0 fully saturated rings. The molecule has 94 valence electrons. The van der Waals surface area contributed by atoms with Crippen molar-refractivity contribution in [2.24, 2.45) is 5.73 Å². The SMILES string of the molecule is COc1ccc(C(N)CSc2ccncn2)cc1. The normalized spacial score (nSPS) is 12.1. The molecule has 0 saturated heterocycles. The van der Waals surface area contributed by atoms with Crippen molar-refractivity contribution in [3.63, 3.8) is 0 Å². The number of ether oxygens (including phenoxy) is 1. The predicted octanol–water partition coefficient (Wildman–Crippen LogP) is 2.28. The molecule has 0 radical (unpaired) electrons. The first-order valence-corrected chi connectivity index (χ1v) is 6.56. The number of hydrogen-bond donors (Lipinski definition) is 1. The van der Waals surface area contributed by atoms with E-state index in [0.29, 0.717) is 0 Å². The molecule has 2 N–H and O–H groups in total. The molecule has 0 amide bonds. The van der Waals surface area contributed by atoms with Crippen molar-refractivity contribution < 1.29 is 4.74 Å². The van der Waals surface area contributed by atoms with E-state index in [1.54, 1.807) is 31.4 Å². The third kappa shape index (κ3) is 3.45. The first kappa shape index (κ1) is 12.9. The molecular weight excluding hydrogens is 246 g/mol. The summed E-state index contributed by atoms with van der Waals surface area (Å²) in [4.78, 5) is 8.03. The lowest BCUT2D eigenvalue weighted by atomic mass is 10.1. The number of benzene rings is 1. The summed E-state index contributed by atoms with van der Waals surface area (Å²) in [5.74, 6) is 1.62. The Labute approximate surface area is 111 Å². The highest BCUT2D eigenvalue weighted by atomic mass is 32.2. The molecule has 2 rings (SSSR count). The van der Waals surface area contributed by atoms with E-state index in [2.05, 4.69) is 9.97 Å². The Bertz CT molecular complexity index is 475. The van der Waals surface area contributed by atoms with Crippen molar-refractivity contribution in [3.05, 3.63) is 48.4 Å². The van der Waals surface area contributed by atoms with Crippen molar-refractivity contribution in [2.45, 2.75) is 11.1 Å². The summed E-state index contributed by atoms with van der Waals surface area (Å²) in [7, 11) is 1.65. The summed E-state index contributed by atoms with van der Waals surface area (Å²) in [6.07, 6.45) is 3.27. The van der Waals surface area contributed by atoms with Crippen LogP contribution < -0.4 is 10.5 Å². The molecule has 0 spiro atoms. The summed E-state index contributed by atoms with van der Waals surface area (Å²) in [6.45, 7) is 0. The van der Waals surface area contributed by atoms with Crippen LogP contribution in [0.1, 0.15) is 11.6 Å². The Morgan fingerprint density at radius 3 is 2.67 bits per heavy atom. The Morgan fingerprint density at radius 2 is 2.06 bits per heavy atom. The van der Waals surface area contributed by atoms with Crippen LogP contribution in [-0.2, 0) is 0 Å². The van der Waals surface area contributed by atoms with E-state index in [4.69, 9.17) is 10.5 Å². The van der Waals surface area contributed by atoms with E-state index >= 15 is 0 Å². The smallest absolute Gasteiger partial charge is 0.118 e. The van der Waals surface area contributed by atoms with E-state index in [9.17, 15) is 0 Å². The minimum Gasteiger partial charge on any atom is -0.497 e. The summed E-state index contributed by atoms with van der Waals surface area (Å²) in [5, 5.41) is 0.939. The summed E-state index contributed by atoms with van der Waals surface area (Å²) < 4.78 is 5.12. The van der Waals surface area contributed by atoms with Gasteiger partial charge >= 0.3 is 0 Å². The first-order valence-electron chi connectivity index (χ1n) is 5.58. The van der Waals surface area contributed by atoms with Gasteiger partial charge in [0.05, 0.1) is 12.1 Å². The zero-order valence-corrected chi connectivity index (χ0v) is 10.9. The topological polar surface area (TPSA) is 61.0 Å². The minimum absolute atomic E-state index is 0.0177. The molecule has 1 aromatic carbocycles. The number of hydrogen-bond acceptors (Lipinski definition) is 5. The van der Waals surface area contributed by atoms with Gasteiger partial charge in [0.25, 0.3) is 0 Å². The molecule has 1 aromatic heterocycles. The standard InChI is InChI=1S/C13H15N3OS/c1-17-11-4-2-10(3-5-11)12(14)8-18-13-6-7-15-9-16-13/h2-7,9,12H,8,14H2,1H3. The van der Waals surface area contributed by atoms with Gasteiger partial charge in [0.15, 0.2) is 0 Å². The second-order valence-electron chi connectivity index (χ2n) is 3.74. The lowest BCUT2D eigenvalue weighted by Gasteiger charge is -2.11. The van der Waals surface area contributed by atoms with Crippen LogP contribution in [0, 0.1) is 0 Å². The van der Waals surface area contributed by atoms with Crippen molar-refractivity contribution in [3.8, 4) is 5.75 Å². The summed E-state index contributed by atoms with van der Waals surface area (Å²) in [5.41, 5.74) is 7.22. The number of methoxy groups -OCH3 is 1. The molecule has 1 unspecified atom stereocenters. The molecule has 5 heteroatoms. The molecule has 1 heterocycles. The molecule has 1 atom stereocenters. The molecule has 0 saturated carbocycles. The van der Waals surface area contributed by atoms with E-state index in [0.717, 1.165) is 22.1 Å². The van der Waals surface area contributed by atoms with Crippen LogP contribution in [0.5, 0.6) is 5.75 Å². The summed E-state index contributed by atoms with van der Waals surface area (Å²) in [6, 6.07) is 9.69. The maximum Gasteiger partial charge on any atom is 0.118 e. The van der Waals surface area contributed by atoms with Gasteiger partial charge in [-0.1, -0.05) is 12.1 Å². The Morgan fingerprint density at radius 1 is 1.28 bits per heavy atom. The predicted molar refractivity (Wildman–Crippen MR) is 72.7 cm³/mol. The highest BCUT2D eigenvalue weighted by molar-refractivity contribution is 7.99. The maximum atomic E-state index is 6.13. The van der Waals surface area contributed by atoms with Gasteiger partial charge in [-0.3, -0.25) is 0 Å². The molecular formula is C13H15N3OS. The molecule has 4 nitrogen and oxygen atoms in total. The molecule has 2 aromatic rings. The van der Waals surface area contributed by atoms with Gasteiger partial charge in [-0.25, -0.2) is 9.97 Å². The van der Waals surface area contributed by atoms with Gasteiger partial charge in [0.1, 0.15) is 12.1 Å². The Hall–Kier alpha value is -1.59. The van der Waals surface area contributed by atoms with Crippen LogP contribution in [0.15, 0.2) is 47.9 Å². The van der Waals surface area contributed by atoms with Crippen LogP contribution in [0.4, 0.5) is 0 Å². The lowest BCUT2D eigenvalue weighted by molar-refractivity contribution is 0.414. The van der Waals surface area contributed by atoms with Crippen molar-refractivity contribution in [2.75, 3.05) is 12.9 Å². The maximum absolute atomic E-state index is 6.13. The van der Waals surface area contributed by atoms with Crippen LogP contribution in [-0.4, -0.2) is 22.8 Å².